The van der Waals surface area contributed by atoms with Crippen molar-refractivity contribution in [1.82, 2.24) is 4.90 Å². The summed E-state index contributed by atoms with van der Waals surface area (Å²) in [5.74, 6) is -2.55. The van der Waals surface area contributed by atoms with Crippen molar-refractivity contribution in [3.8, 4) is 0 Å². The van der Waals surface area contributed by atoms with Crippen LogP contribution >= 0.6 is 0 Å². The van der Waals surface area contributed by atoms with Gasteiger partial charge in [0.15, 0.2) is 0 Å². The summed E-state index contributed by atoms with van der Waals surface area (Å²) in [5, 5.41) is 0. The van der Waals surface area contributed by atoms with E-state index in [1.807, 2.05) is 6.92 Å². The first-order valence-corrected chi connectivity index (χ1v) is 3.52. The molecule has 0 fully saturated rings. The van der Waals surface area contributed by atoms with Crippen LogP contribution in [0.3, 0.4) is 0 Å². The van der Waals surface area contributed by atoms with Crippen molar-refractivity contribution in [2.75, 3.05) is 20.1 Å². The molecule has 0 bridgehead atoms. The number of hydrogen-bond acceptors (Lipinski definition) is 1. The van der Waals surface area contributed by atoms with Gasteiger partial charge in [-0.15, -0.1) is 0 Å². The molecule has 0 heterocycles. The molecule has 0 aliphatic heterocycles. The molecule has 0 atom stereocenters. The van der Waals surface area contributed by atoms with Gasteiger partial charge >= 0.3 is 0 Å². The first-order valence-electron chi connectivity index (χ1n) is 3.52. The molecule has 0 spiro atoms. The molecule has 0 unspecified atom stereocenters. The maximum atomic E-state index is 12.3. The number of alkyl halides is 2. The van der Waals surface area contributed by atoms with Crippen LogP contribution in [0.5, 0.6) is 0 Å². The first kappa shape index (κ1) is 9.82. The third kappa shape index (κ3) is 5.95. The molecule has 0 saturated heterocycles. The maximum absolute atomic E-state index is 12.3. The van der Waals surface area contributed by atoms with Gasteiger partial charge in [0.1, 0.15) is 0 Å². The zero-order valence-corrected chi connectivity index (χ0v) is 6.82. The highest BCUT2D eigenvalue weighted by Crippen LogP contribution is 2.12. The molecule has 0 saturated carbocycles. The highest BCUT2D eigenvalue weighted by atomic mass is 19.3. The number of hydrogen-bond donors (Lipinski definition) is 0. The maximum Gasteiger partial charge on any atom is 0.257 e. The molecule has 0 aromatic carbocycles. The zero-order valence-electron chi connectivity index (χ0n) is 6.82. The Morgan fingerprint density at radius 1 is 1.40 bits per heavy atom. The number of nitrogens with zero attached hydrogens (tertiary/aromatic N) is 1. The van der Waals surface area contributed by atoms with Crippen molar-refractivity contribution in [1.29, 1.82) is 0 Å². The van der Waals surface area contributed by atoms with Crippen LogP contribution < -0.4 is 0 Å². The third-order valence-corrected chi connectivity index (χ3v) is 1.15. The lowest BCUT2D eigenvalue weighted by Crippen LogP contribution is -2.32. The van der Waals surface area contributed by atoms with Gasteiger partial charge in [-0.05, 0) is 20.0 Å². The highest BCUT2D eigenvalue weighted by Gasteiger charge is 2.22. The molecule has 3 heteroatoms. The Bertz CT molecular complexity index is 88.1. The molecule has 0 amide bonds. The van der Waals surface area contributed by atoms with Crippen LogP contribution in [0.1, 0.15) is 20.3 Å². The third-order valence-electron chi connectivity index (χ3n) is 1.15. The van der Waals surface area contributed by atoms with E-state index in [1.54, 1.807) is 11.9 Å². The Labute approximate surface area is 61.0 Å². The van der Waals surface area contributed by atoms with E-state index in [9.17, 15) is 8.78 Å². The van der Waals surface area contributed by atoms with E-state index >= 15 is 0 Å². The van der Waals surface area contributed by atoms with E-state index < -0.39 is 5.92 Å². The van der Waals surface area contributed by atoms with Gasteiger partial charge in [-0.3, -0.25) is 0 Å². The minimum Gasteiger partial charge on any atom is -0.301 e. The van der Waals surface area contributed by atoms with Gasteiger partial charge in [0.25, 0.3) is 5.92 Å². The molecule has 0 aliphatic rings. The van der Waals surface area contributed by atoms with Crippen LogP contribution in [-0.2, 0) is 0 Å². The standard InChI is InChI=1S/C7H15F2N/c1-4-5-10(3)6-7(2,8)9/h4-6H2,1-3H3. The smallest absolute Gasteiger partial charge is 0.257 e. The number of rotatable bonds is 4. The summed E-state index contributed by atoms with van der Waals surface area (Å²) in [4.78, 5) is 1.64. The lowest BCUT2D eigenvalue weighted by atomic mass is 10.3. The highest BCUT2D eigenvalue weighted by molar-refractivity contribution is 4.63. The number of halogens is 2. The normalized spacial score (nSPS) is 12.6. The van der Waals surface area contributed by atoms with Gasteiger partial charge in [-0.25, -0.2) is 8.78 Å². The monoisotopic (exact) mass is 151 g/mol. The minimum absolute atomic E-state index is 0.138. The molecule has 0 aliphatic carbocycles. The van der Waals surface area contributed by atoms with E-state index in [0.717, 1.165) is 19.9 Å². The molecule has 0 N–H and O–H groups in total. The molecule has 0 rings (SSSR count). The van der Waals surface area contributed by atoms with E-state index in [2.05, 4.69) is 0 Å². The zero-order chi connectivity index (χ0) is 8.20. The van der Waals surface area contributed by atoms with Crippen molar-refractivity contribution in [2.45, 2.75) is 26.2 Å². The van der Waals surface area contributed by atoms with Crippen molar-refractivity contribution >= 4 is 0 Å². The predicted molar refractivity (Wildman–Crippen MR) is 38.4 cm³/mol. The molecule has 0 radical (unpaired) electrons. The molecule has 1 nitrogen and oxygen atoms in total. The van der Waals surface area contributed by atoms with Crippen molar-refractivity contribution < 1.29 is 8.78 Å². The molecular weight excluding hydrogens is 136 g/mol. The quantitative estimate of drug-likeness (QED) is 0.594. The lowest BCUT2D eigenvalue weighted by molar-refractivity contribution is -0.00781. The van der Waals surface area contributed by atoms with Gasteiger partial charge in [0.2, 0.25) is 0 Å². The molecule has 0 aromatic rings. The molecule has 62 valence electrons. The second-order valence-electron chi connectivity index (χ2n) is 2.81. The Kier molecular flexibility index (Phi) is 3.79. The van der Waals surface area contributed by atoms with E-state index in [0.29, 0.717) is 0 Å². The van der Waals surface area contributed by atoms with Crippen LogP contribution in [0, 0.1) is 0 Å². The summed E-state index contributed by atoms with van der Waals surface area (Å²) in [6, 6.07) is 0. The SMILES string of the molecule is CCCN(C)CC(C)(F)F. The van der Waals surface area contributed by atoms with E-state index in [-0.39, 0.29) is 6.54 Å². The lowest BCUT2D eigenvalue weighted by Gasteiger charge is -2.19. The molecule has 10 heavy (non-hydrogen) atoms. The average molecular weight is 151 g/mol. The van der Waals surface area contributed by atoms with Crippen LogP contribution in [-0.4, -0.2) is 31.0 Å². The molecule has 0 aromatic heterocycles. The summed E-state index contributed by atoms with van der Waals surface area (Å²) < 4.78 is 24.5. The Morgan fingerprint density at radius 3 is 2.20 bits per heavy atom. The summed E-state index contributed by atoms with van der Waals surface area (Å²) in [7, 11) is 1.71. The average Bonchev–Trinajstić information content (AvgIpc) is 1.59. The van der Waals surface area contributed by atoms with Gasteiger partial charge in [0.05, 0.1) is 6.54 Å². The fourth-order valence-corrected chi connectivity index (χ4v) is 0.935. The van der Waals surface area contributed by atoms with Crippen LogP contribution in [0.25, 0.3) is 0 Å². The Hall–Kier alpha value is -0.180. The van der Waals surface area contributed by atoms with E-state index in [4.69, 9.17) is 0 Å². The first-order chi connectivity index (χ1) is 4.45. The van der Waals surface area contributed by atoms with Gasteiger partial charge in [0, 0.05) is 6.92 Å². The van der Waals surface area contributed by atoms with Crippen LogP contribution in [0.15, 0.2) is 0 Å². The Balaban J connectivity index is 3.47. The fraction of sp³-hybridized carbons (Fsp3) is 1.00. The summed E-state index contributed by atoms with van der Waals surface area (Å²) in [5.41, 5.74) is 0. The van der Waals surface area contributed by atoms with Crippen molar-refractivity contribution in [3.63, 3.8) is 0 Å². The predicted octanol–water partition coefficient (Wildman–Crippen LogP) is 1.98. The Morgan fingerprint density at radius 2 is 1.90 bits per heavy atom. The largest absolute Gasteiger partial charge is 0.301 e. The summed E-state index contributed by atoms with van der Waals surface area (Å²) in [6.07, 6.45) is 0.923. The van der Waals surface area contributed by atoms with Crippen LogP contribution in [0.2, 0.25) is 0 Å². The van der Waals surface area contributed by atoms with E-state index in [1.165, 1.54) is 0 Å². The van der Waals surface area contributed by atoms with Gasteiger partial charge in [-0.2, -0.15) is 0 Å². The van der Waals surface area contributed by atoms with Crippen molar-refractivity contribution in [2.24, 2.45) is 0 Å². The second kappa shape index (κ2) is 3.86. The van der Waals surface area contributed by atoms with Crippen LogP contribution in [0.4, 0.5) is 8.78 Å². The molecular formula is C7H15F2N. The summed E-state index contributed by atoms with van der Waals surface area (Å²) >= 11 is 0. The van der Waals surface area contributed by atoms with Crippen molar-refractivity contribution in [3.05, 3.63) is 0 Å². The van der Waals surface area contributed by atoms with Gasteiger partial charge in [-0.1, -0.05) is 6.92 Å². The minimum atomic E-state index is -2.55. The second-order valence-corrected chi connectivity index (χ2v) is 2.81. The van der Waals surface area contributed by atoms with Gasteiger partial charge < -0.3 is 4.90 Å². The fourth-order valence-electron chi connectivity index (χ4n) is 0.935. The topological polar surface area (TPSA) is 3.24 Å². The summed E-state index contributed by atoms with van der Waals surface area (Å²) in [6.45, 7) is 3.52.